The minimum Gasteiger partial charge on any atom is -0.340 e. The van der Waals surface area contributed by atoms with Gasteiger partial charge in [0.15, 0.2) is 0 Å². The highest BCUT2D eigenvalue weighted by molar-refractivity contribution is 5.97. The number of carbonyl (C=O) groups excluding carboxylic acids is 2. The second-order valence-electron chi connectivity index (χ2n) is 6.01. The number of rotatable bonds is 4. The molecule has 0 radical (unpaired) electrons. The Morgan fingerprint density at radius 3 is 2.52 bits per heavy atom. The highest BCUT2D eigenvalue weighted by atomic mass is 35.5. The van der Waals surface area contributed by atoms with E-state index in [9.17, 15) is 14.0 Å². The molecule has 5 nitrogen and oxygen atoms in total. The normalized spacial score (nSPS) is 18.5. The zero-order valence-electron chi connectivity index (χ0n) is 13.3. The van der Waals surface area contributed by atoms with Gasteiger partial charge in [0.1, 0.15) is 11.9 Å². The van der Waals surface area contributed by atoms with Gasteiger partial charge in [-0.25, -0.2) is 4.39 Å². The van der Waals surface area contributed by atoms with Gasteiger partial charge in [-0.05, 0) is 24.5 Å². The number of carbonyl (C=O) groups is 2. The maximum atomic E-state index is 13.7. The molecule has 7 heteroatoms. The van der Waals surface area contributed by atoms with Crippen LogP contribution in [-0.2, 0) is 4.79 Å². The van der Waals surface area contributed by atoms with Crippen molar-refractivity contribution in [3.63, 3.8) is 0 Å². The fourth-order valence-electron chi connectivity index (χ4n) is 2.56. The molecule has 1 unspecified atom stereocenters. The van der Waals surface area contributed by atoms with Crippen LogP contribution in [0.2, 0.25) is 0 Å². The first-order valence-corrected chi connectivity index (χ1v) is 7.50. The average molecular weight is 344 g/mol. The van der Waals surface area contributed by atoms with E-state index >= 15 is 0 Å². The molecule has 1 saturated heterocycles. The number of nitrogens with zero attached hydrogens (tertiary/aromatic N) is 1. The molecule has 0 bridgehead atoms. The molecular formula is C16H23ClFN3O2. The largest absolute Gasteiger partial charge is 0.340 e. The van der Waals surface area contributed by atoms with E-state index in [1.807, 2.05) is 13.8 Å². The number of hydrogen-bond donors (Lipinski definition) is 2. The highest BCUT2D eigenvalue weighted by Gasteiger charge is 2.32. The summed E-state index contributed by atoms with van der Waals surface area (Å²) in [5.41, 5.74) is 5.76. The molecule has 1 heterocycles. The fraction of sp³-hybridized carbons (Fsp3) is 0.500. The van der Waals surface area contributed by atoms with Gasteiger partial charge in [0.05, 0.1) is 5.56 Å². The summed E-state index contributed by atoms with van der Waals surface area (Å²) in [6, 6.07) is 5.03. The predicted molar refractivity (Wildman–Crippen MR) is 88.9 cm³/mol. The van der Waals surface area contributed by atoms with Crippen LogP contribution in [0.5, 0.6) is 0 Å². The van der Waals surface area contributed by atoms with Crippen LogP contribution in [0.15, 0.2) is 24.3 Å². The van der Waals surface area contributed by atoms with Crippen molar-refractivity contribution in [2.24, 2.45) is 11.7 Å². The number of hydrogen-bond acceptors (Lipinski definition) is 3. The average Bonchev–Trinajstić information content (AvgIpc) is 2.90. The van der Waals surface area contributed by atoms with Crippen molar-refractivity contribution in [1.29, 1.82) is 0 Å². The standard InChI is InChI=1S/C16H22FN3O2.ClH/c1-10(2)14(16(22)20-8-7-11(18)9-20)19-15(21)12-5-3-4-6-13(12)17;/h3-6,10-11,14H,7-9,18H2,1-2H3,(H,19,21);1H/t11-,14?;/m1./s1. The SMILES string of the molecule is CC(C)C(NC(=O)c1ccccc1F)C(=O)N1CC[C@@H](N)C1.Cl. The van der Waals surface area contributed by atoms with E-state index in [0.717, 1.165) is 6.42 Å². The number of likely N-dealkylation sites (tertiary alicyclic amines) is 1. The molecule has 2 atom stereocenters. The van der Waals surface area contributed by atoms with E-state index in [1.165, 1.54) is 18.2 Å². The topological polar surface area (TPSA) is 75.4 Å². The van der Waals surface area contributed by atoms with Crippen molar-refractivity contribution < 1.29 is 14.0 Å². The first-order valence-electron chi connectivity index (χ1n) is 7.50. The molecule has 0 aromatic heterocycles. The zero-order valence-corrected chi connectivity index (χ0v) is 14.1. The maximum Gasteiger partial charge on any atom is 0.254 e. The minimum atomic E-state index is -0.683. The Labute approximate surface area is 141 Å². The third kappa shape index (κ3) is 4.65. The van der Waals surface area contributed by atoms with Crippen molar-refractivity contribution in [2.75, 3.05) is 13.1 Å². The van der Waals surface area contributed by atoms with Gasteiger partial charge in [-0.3, -0.25) is 9.59 Å². The summed E-state index contributed by atoms with van der Waals surface area (Å²) in [6.45, 7) is 4.79. The number of benzene rings is 1. The molecule has 0 aliphatic carbocycles. The van der Waals surface area contributed by atoms with Crippen LogP contribution in [0.25, 0.3) is 0 Å². The summed E-state index contributed by atoms with van der Waals surface area (Å²) in [5, 5.41) is 2.65. The molecule has 3 N–H and O–H groups in total. The molecule has 1 aromatic rings. The van der Waals surface area contributed by atoms with Crippen LogP contribution in [0.4, 0.5) is 4.39 Å². The number of amides is 2. The Morgan fingerprint density at radius 1 is 1.35 bits per heavy atom. The molecule has 1 aromatic carbocycles. The van der Waals surface area contributed by atoms with E-state index < -0.39 is 17.8 Å². The predicted octanol–water partition coefficient (Wildman–Crippen LogP) is 1.56. The lowest BCUT2D eigenvalue weighted by Gasteiger charge is -2.27. The molecule has 1 fully saturated rings. The van der Waals surface area contributed by atoms with Gasteiger partial charge >= 0.3 is 0 Å². The lowest BCUT2D eigenvalue weighted by molar-refractivity contribution is -0.133. The van der Waals surface area contributed by atoms with Gasteiger partial charge in [0.25, 0.3) is 5.91 Å². The quantitative estimate of drug-likeness (QED) is 0.871. The molecule has 1 aliphatic rings. The van der Waals surface area contributed by atoms with Crippen LogP contribution in [0.1, 0.15) is 30.6 Å². The lowest BCUT2D eigenvalue weighted by Crippen LogP contribution is -2.51. The molecule has 1 aliphatic heterocycles. The van der Waals surface area contributed by atoms with E-state index in [0.29, 0.717) is 13.1 Å². The maximum absolute atomic E-state index is 13.7. The summed E-state index contributed by atoms with van der Waals surface area (Å²) in [4.78, 5) is 26.4. The van der Waals surface area contributed by atoms with Gasteiger partial charge in [-0.15, -0.1) is 12.4 Å². The minimum absolute atomic E-state index is 0. The van der Waals surface area contributed by atoms with Crippen molar-refractivity contribution in [3.8, 4) is 0 Å². The van der Waals surface area contributed by atoms with Crippen LogP contribution in [0, 0.1) is 11.7 Å². The van der Waals surface area contributed by atoms with Crippen LogP contribution >= 0.6 is 12.4 Å². The Balaban J connectivity index is 0.00000264. The van der Waals surface area contributed by atoms with E-state index in [-0.39, 0.29) is 35.8 Å². The van der Waals surface area contributed by atoms with Gasteiger partial charge < -0.3 is 16.0 Å². The van der Waals surface area contributed by atoms with Crippen molar-refractivity contribution in [3.05, 3.63) is 35.6 Å². The van der Waals surface area contributed by atoms with Crippen molar-refractivity contribution in [2.45, 2.75) is 32.4 Å². The molecule has 2 amide bonds. The molecule has 2 rings (SSSR count). The van der Waals surface area contributed by atoms with E-state index in [1.54, 1.807) is 11.0 Å². The summed E-state index contributed by atoms with van der Waals surface area (Å²) in [7, 11) is 0. The molecule has 128 valence electrons. The monoisotopic (exact) mass is 343 g/mol. The number of nitrogens with one attached hydrogen (secondary N) is 1. The van der Waals surface area contributed by atoms with Gasteiger partial charge in [0.2, 0.25) is 5.91 Å². The van der Waals surface area contributed by atoms with Crippen molar-refractivity contribution >= 4 is 24.2 Å². The molecule has 23 heavy (non-hydrogen) atoms. The van der Waals surface area contributed by atoms with E-state index in [4.69, 9.17) is 5.73 Å². The lowest BCUT2D eigenvalue weighted by atomic mass is 10.0. The number of nitrogens with two attached hydrogens (primary N) is 1. The molecule has 0 spiro atoms. The van der Waals surface area contributed by atoms with Gasteiger partial charge in [0, 0.05) is 19.1 Å². The molecular weight excluding hydrogens is 321 g/mol. The summed E-state index contributed by atoms with van der Waals surface area (Å²) in [5.74, 6) is -1.43. The van der Waals surface area contributed by atoms with E-state index in [2.05, 4.69) is 5.32 Å². The third-order valence-electron chi connectivity index (χ3n) is 3.87. The smallest absolute Gasteiger partial charge is 0.254 e. The summed E-state index contributed by atoms with van der Waals surface area (Å²) in [6.07, 6.45) is 0.762. The van der Waals surface area contributed by atoms with Crippen LogP contribution in [0.3, 0.4) is 0 Å². The zero-order chi connectivity index (χ0) is 16.3. The second kappa shape index (κ2) is 8.26. The van der Waals surface area contributed by atoms with Crippen LogP contribution < -0.4 is 11.1 Å². The van der Waals surface area contributed by atoms with Crippen LogP contribution in [-0.4, -0.2) is 41.9 Å². The Kier molecular flexibility index (Phi) is 6.97. The van der Waals surface area contributed by atoms with Gasteiger partial charge in [-0.2, -0.15) is 0 Å². The summed E-state index contributed by atoms with van der Waals surface area (Å²) >= 11 is 0. The first-order chi connectivity index (χ1) is 10.4. The Morgan fingerprint density at radius 2 is 2.00 bits per heavy atom. The first kappa shape index (κ1) is 19.4. The number of halogens is 2. The third-order valence-corrected chi connectivity index (χ3v) is 3.87. The molecule has 0 saturated carbocycles. The Bertz CT molecular complexity index is 568. The van der Waals surface area contributed by atoms with Crippen molar-refractivity contribution in [1.82, 2.24) is 10.2 Å². The summed E-state index contributed by atoms with van der Waals surface area (Å²) < 4.78 is 13.7. The Hall–Kier alpha value is -1.66. The van der Waals surface area contributed by atoms with Gasteiger partial charge in [-0.1, -0.05) is 26.0 Å². The fourth-order valence-corrected chi connectivity index (χ4v) is 2.56. The highest BCUT2D eigenvalue weighted by Crippen LogP contribution is 2.14. The second-order valence-corrected chi connectivity index (χ2v) is 6.01.